The maximum atomic E-state index is 12.2. The zero-order valence-electron chi connectivity index (χ0n) is 14.7. The molecule has 0 aromatic heterocycles. The summed E-state index contributed by atoms with van der Waals surface area (Å²) < 4.78 is 25.5. The lowest BCUT2D eigenvalue weighted by molar-refractivity contribution is -0.119. The van der Waals surface area contributed by atoms with Crippen LogP contribution in [0.3, 0.4) is 0 Å². The summed E-state index contributed by atoms with van der Waals surface area (Å²) in [5.74, 6) is -0.545. The number of hydrogen-bond acceptors (Lipinski definition) is 4. The highest BCUT2D eigenvalue weighted by molar-refractivity contribution is 7.92. The summed E-state index contributed by atoms with van der Waals surface area (Å²) in [6.45, 7) is 3.24. The number of nitrogens with zero attached hydrogens (tertiary/aromatic N) is 2. The molecule has 8 heteroatoms. The van der Waals surface area contributed by atoms with Crippen LogP contribution >= 0.6 is 11.6 Å². The minimum Gasteiger partial charge on any atom is -0.271 e. The SMILES string of the molecule is Cc1cccc(C)c1N(CC(=O)N/N=C\c1cccc(Cl)c1)S(C)(=O)=O. The van der Waals surface area contributed by atoms with Gasteiger partial charge in [0, 0.05) is 5.02 Å². The highest BCUT2D eigenvalue weighted by atomic mass is 35.5. The minimum atomic E-state index is -3.64. The van der Waals surface area contributed by atoms with Gasteiger partial charge >= 0.3 is 0 Å². The summed E-state index contributed by atoms with van der Waals surface area (Å²) in [5, 5.41) is 4.41. The number of rotatable bonds is 6. The van der Waals surface area contributed by atoms with Crippen molar-refractivity contribution in [3.8, 4) is 0 Å². The van der Waals surface area contributed by atoms with Gasteiger partial charge in [-0.05, 0) is 42.7 Å². The van der Waals surface area contributed by atoms with E-state index in [0.717, 1.165) is 21.7 Å². The van der Waals surface area contributed by atoms with Crippen LogP contribution in [0.1, 0.15) is 16.7 Å². The molecule has 2 aromatic carbocycles. The molecule has 0 aliphatic carbocycles. The van der Waals surface area contributed by atoms with Gasteiger partial charge in [0.25, 0.3) is 5.91 Å². The Morgan fingerprint density at radius 2 is 1.81 bits per heavy atom. The van der Waals surface area contributed by atoms with E-state index in [2.05, 4.69) is 10.5 Å². The summed E-state index contributed by atoms with van der Waals surface area (Å²) in [6, 6.07) is 12.4. The smallest absolute Gasteiger partial charge is 0.260 e. The van der Waals surface area contributed by atoms with Crippen LogP contribution in [0, 0.1) is 13.8 Å². The van der Waals surface area contributed by atoms with Crippen LogP contribution in [0.25, 0.3) is 0 Å². The molecule has 0 fully saturated rings. The van der Waals surface area contributed by atoms with Crippen LogP contribution in [-0.4, -0.2) is 33.3 Å². The molecule has 0 atom stereocenters. The first-order valence-corrected chi connectivity index (χ1v) is 10.0. The number of aryl methyl sites for hydroxylation is 2. The average Bonchev–Trinajstić information content (AvgIpc) is 2.53. The lowest BCUT2D eigenvalue weighted by Gasteiger charge is -2.25. The number of hydrazone groups is 1. The number of anilines is 1. The zero-order valence-corrected chi connectivity index (χ0v) is 16.3. The van der Waals surface area contributed by atoms with Gasteiger partial charge in [0.2, 0.25) is 10.0 Å². The molecule has 0 heterocycles. The summed E-state index contributed by atoms with van der Waals surface area (Å²) in [4.78, 5) is 12.2. The molecule has 0 saturated heterocycles. The maximum absolute atomic E-state index is 12.2. The molecular formula is C18H20ClN3O3S. The van der Waals surface area contributed by atoms with E-state index >= 15 is 0 Å². The zero-order chi connectivity index (χ0) is 19.3. The van der Waals surface area contributed by atoms with Crippen LogP contribution in [0.5, 0.6) is 0 Å². The number of amides is 1. The molecule has 2 aromatic rings. The highest BCUT2D eigenvalue weighted by Crippen LogP contribution is 2.26. The molecule has 0 unspecified atom stereocenters. The van der Waals surface area contributed by atoms with Crippen molar-refractivity contribution in [1.82, 2.24) is 5.43 Å². The third-order valence-corrected chi connectivity index (χ3v) is 4.98. The fourth-order valence-corrected chi connectivity index (χ4v) is 3.66. The Bertz CT molecular complexity index is 922. The second-order valence-electron chi connectivity index (χ2n) is 5.86. The van der Waals surface area contributed by atoms with Crippen molar-refractivity contribution in [2.75, 3.05) is 17.1 Å². The highest BCUT2D eigenvalue weighted by Gasteiger charge is 2.23. The third-order valence-electron chi connectivity index (χ3n) is 3.63. The molecule has 138 valence electrons. The Hall–Kier alpha value is -2.38. The van der Waals surface area contributed by atoms with E-state index < -0.39 is 15.9 Å². The first kappa shape index (κ1) is 19.9. The van der Waals surface area contributed by atoms with Crippen molar-refractivity contribution < 1.29 is 13.2 Å². The summed E-state index contributed by atoms with van der Waals surface area (Å²) in [6.07, 6.45) is 2.51. The Morgan fingerprint density at radius 1 is 1.19 bits per heavy atom. The van der Waals surface area contributed by atoms with E-state index in [4.69, 9.17) is 11.6 Å². The van der Waals surface area contributed by atoms with Crippen molar-refractivity contribution >= 4 is 39.4 Å². The molecule has 1 N–H and O–H groups in total. The molecule has 0 aliphatic heterocycles. The van der Waals surface area contributed by atoms with E-state index in [1.807, 2.05) is 6.07 Å². The number of carbonyl (C=O) groups excluding carboxylic acids is 1. The lowest BCUT2D eigenvalue weighted by atomic mass is 10.1. The third kappa shape index (κ3) is 5.31. The molecular weight excluding hydrogens is 374 g/mol. The quantitative estimate of drug-likeness (QED) is 0.605. The molecule has 1 amide bonds. The van der Waals surface area contributed by atoms with E-state index in [0.29, 0.717) is 16.3 Å². The molecule has 6 nitrogen and oxygen atoms in total. The minimum absolute atomic E-state index is 0.364. The normalized spacial score (nSPS) is 11.5. The lowest BCUT2D eigenvalue weighted by Crippen LogP contribution is -2.39. The summed E-state index contributed by atoms with van der Waals surface area (Å²) in [7, 11) is -3.64. The predicted molar refractivity (Wildman–Crippen MR) is 105 cm³/mol. The number of halogens is 1. The Kier molecular flexibility index (Phi) is 6.39. The fourth-order valence-electron chi connectivity index (χ4n) is 2.49. The van der Waals surface area contributed by atoms with E-state index in [1.165, 1.54) is 6.21 Å². The largest absolute Gasteiger partial charge is 0.271 e. The van der Waals surface area contributed by atoms with Crippen LogP contribution in [-0.2, 0) is 14.8 Å². The molecule has 0 saturated carbocycles. The van der Waals surface area contributed by atoms with E-state index in [-0.39, 0.29) is 6.54 Å². The van der Waals surface area contributed by atoms with Gasteiger partial charge in [0.05, 0.1) is 18.2 Å². The number of hydrogen-bond donors (Lipinski definition) is 1. The van der Waals surface area contributed by atoms with Crippen molar-refractivity contribution in [3.05, 3.63) is 64.2 Å². The molecule has 0 bridgehead atoms. The second kappa shape index (κ2) is 8.33. The number of sulfonamides is 1. The molecule has 0 spiro atoms. The molecule has 0 aliphatic rings. The maximum Gasteiger partial charge on any atom is 0.260 e. The topological polar surface area (TPSA) is 78.8 Å². The van der Waals surface area contributed by atoms with Gasteiger partial charge in [0.1, 0.15) is 6.54 Å². The van der Waals surface area contributed by atoms with Crippen LogP contribution in [0.15, 0.2) is 47.6 Å². The van der Waals surface area contributed by atoms with Gasteiger partial charge in [-0.3, -0.25) is 9.10 Å². The van der Waals surface area contributed by atoms with Gasteiger partial charge < -0.3 is 0 Å². The number of para-hydroxylation sites is 1. The number of carbonyl (C=O) groups is 1. The van der Waals surface area contributed by atoms with Gasteiger partial charge in [-0.1, -0.05) is 41.9 Å². The van der Waals surface area contributed by atoms with E-state index in [1.54, 1.807) is 50.2 Å². The molecule has 0 radical (unpaired) electrons. The van der Waals surface area contributed by atoms with Crippen LogP contribution in [0.2, 0.25) is 5.02 Å². The Morgan fingerprint density at radius 3 is 2.38 bits per heavy atom. The molecule has 2 rings (SSSR count). The summed E-state index contributed by atoms with van der Waals surface area (Å²) >= 11 is 5.88. The van der Waals surface area contributed by atoms with Gasteiger partial charge in [-0.15, -0.1) is 0 Å². The average molecular weight is 394 g/mol. The standard InChI is InChI=1S/C18H20ClN3O3S/c1-13-6-4-7-14(2)18(13)22(26(3,24)25)12-17(23)21-20-11-15-8-5-9-16(19)10-15/h4-11H,12H2,1-3H3,(H,21,23)/b20-11-. The summed E-state index contributed by atoms with van der Waals surface area (Å²) in [5.41, 5.74) is 5.10. The number of nitrogens with one attached hydrogen (secondary N) is 1. The monoisotopic (exact) mass is 393 g/mol. The Balaban J connectivity index is 2.15. The van der Waals surface area contributed by atoms with Crippen molar-refractivity contribution in [3.63, 3.8) is 0 Å². The Labute approximate surface area is 158 Å². The van der Waals surface area contributed by atoms with Crippen molar-refractivity contribution in [2.24, 2.45) is 5.10 Å². The van der Waals surface area contributed by atoms with E-state index in [9.17, 15) is 13.2 Å². The first-order chi connectivity index (χ1) is 12.2. The molecule has 26 heavy (non-hydrogen) atoms. The van der Waals surface area contributed by atoms with Crippen molar-refractivity contribution in [1.29, 1.82) is 0 Å². The van der Waals surface area contributed by atoms with Crippen molar-refractivity contribution in [2.45, 2.75) is 13.8 Å². The fraction of sp³-hybridized carbons (Fsp3) is 0.222. The second-order valence-corrected chi connectivity index (χ2v) is 8.20. The number of benzene rings is 2. The van der Waals surface area contributed by atoms with Crippen LogP contribution < -0.4 is 9.73 Å². The first-order valence-electron chi connectivity index (χ1n) is 7.80. The van der Waals surface area contributed by atoms with Gasteiger partial charge in [-0.2, -0.15) is 5.10 Å². The van der Waals surface area contributed by atoms with Gasteiger partial charge in [0.15, 0.2) is 0 Å². The van der Waals surface area contributed by atoms with Gasteiger partial charge in [-0.25, -0.2) is 13.8 Å². The predicted octanol–water partition coefficient (Wildman–Crippen LogP) is 2.87. The van der Waals surface area contributed by atoms with Crippen LogP contribution in [0.4, 0.5) is 5.69 Å².